The summed E-state index contributed by atoms with van der Waals surface area (Å²) in [7, 11) is 0. The molecule has 0 fully saturated rings. The lowest BCUT2D eigenvalue weighted by Crippen LogP contribution is -2.59. The highest BCUT2D eigenvalue weighted by atomic mass is 15.1. The Labute approximate surface area is 221 Å². The molecule has 0 aromatic heterocycles. The van der Waals surface area contributed by atoms with E-state index in [1.54, 1.807) is 0 Å². The number of nitrogens with zero attached hydrogens (tertiary/aromatic N) is 1. The minimum absolute atomic E-state index is 0.0952. The summed E-state index contributed by atoms with van der Waals surface area (Å²) in [5, 5.41) is 7.80. The van der Waals surface area contributed by atoms with Gasteiger partial charge in [0.15, 0.2) is 0 Å². The van der Waals surface area contributed by atoms with Gasteiger partial charge in [-0.25, -0.2) is 0 Å². The fraction of sp³-hybridized carbons (Fsp3) is 0. The van der Waals surface area contributed by atoms with Crippen molar-refractivity contribution in [2.75, 3.05) is 4.81 Å². The topological polar surface area (TPSA) is 3.24 Å². The van der Waals surface area contributed by atoms with E-state index in [9.17, 15) is 0 Å². The Bertz CT molecular complexity index is 2110. The predicted molar refractivity (Wildman–Crippen MR) is 163 cm³/mol. The van der Waals surface area contributed by atoms with E-state index in [2.05, 4.69) is 138 Å². The summed E-state index contributed by atoms with van der Waals surface area (Å²) in [6.45, 7) is 0.0952. The van der Waals surface area contributed by atoms with E-state index in [1.807, 2.05) is 0 Å². The molecule has 1 nitrogen and oxygen atoms in total. The maximum atomic E-state index is 2.60. The van der Waals surface area contributed by atoms with Crippen LogP contribution in [0.5, 0.6) is 0 Å². The van der Waals surface area contributed by atoms with E-state index in [-0.39, 0.29) is 6.85 Å². The Kier molecular flexibility index (Phi) is 3.93. The number of hydrogen-bond donors (Lipinski definition) is 0. The largest absolute Gasteiger partial charge is 0.376 e. The van der Waals surface area contributed by atoms with Crippen LogP contribution >= 0.6 is 0 Å². The molecule has 7 aromatic rings. The van der Waals surface area contributed by atoms with E-state index in [1.165, 1.54) is 76.9 Å². The van der Waals surface area contributed by atoms with Gasteiger partial charge in [0.2, 0.25) is 0 Å². The normalized spacial score (nSPS) is 13.2. The van der Waals surface area contributed by atoms with Gasteiger partial charge in [0.05, 0.1) is 0 Å². The van der Waals surface area contributed by atoms with Crippen LogP contribution < -0.4 is 15.7 Å². The monoisotopic (exact) mass is 479 g/mol. The Morgan fingerprint density at radius 1 is 0.368 bits per heavy atom. The van der Waals surface area contributed by atoms with Crippen LogP contribution in [0.4, 0.5) is 11.4 Å². The van der Waals surface area contributed by atoms with Crippen molar-refractivity contribution in [3.8, 4) is 22.3 Å². The quantitative estimate of drug-likeness (QED) is 0.199. The van der Waals surface area contributed by atoms with Crippen molar-refractivity contribution < 1.29 is 0 Å². The molecule has 9 rings (SSSR count). The minimum Gasteiger partial charge on any atom is -0.376 e. The van der Waals surface area contributed by atoms with Crippen LogP contribution in [0.15, 0.2) is 133 Å². The number of para-hydroxylation sites is 1. The number of hydrogen-bond acceptors (Lipinski definition) is 1. The average molecular weight is 479 g/mol. The van der Waals surface area contributed by atoms with Gasteiger partial charge in [-0.05, 0) is 66.5 Å². The second-order valence-corrected chi connectivity index (χ2v) is 10.5. The first-order chi connectivity index (χ1) is 18.9. The smallest absolute Gasteiger partial charge is 0.329 e. The van der Waals surface area contributed by atoms with E-state index in [0.29, 0.717) is 0 Å². The van der Waals surface area contributed by atoms with E-state index >= 15 is 0 Å². The van der Waals surface area contributed by atoms with Crippen LogP contribution in [0.3, 0.4) is 0 Å². The molecule has 2 heteroatoms. The van der Waals surface area contributed by atoms with Crippen LogP contribution in [0.2, 0.25) is 0 Å². The van der Waals surface area contributed by atoms with Crippen LogP contribution in [0.25, 0.3) is 54.6 Å². The first-order valence-electron chi connectivity index (χ1n) is 13.3. The zero-order chi connectivity index (χ0) is 24.8. The standard InChI is InChI=1S/C36H22BN/c1-4-12-26-23(9-1)17-20-30-34(26)29-15-7-8-16-32(29)38-33-22-19-25-11-3-6-14-28(25)36(33)35-27-13-5-2-10-24(27)18-21-31(35)37(30)38/h1-22H. The van der Waals surface area contributed by atoms with Crippen LogP contribution in [0.1, 0.15) is 0 Å². The summed E-state index contributed by atoms with van der Waals surface area (Å²) in [5.74, 6) is 0. The van der Waals surface area contributed by atoms with E-state index in [4.69, 9.17) is 0 Å². The van der Waals surface area contributed by atoms with Crippen molar-refractivity contribution in [2.24, 2.45) is 0 Å². The van der Waals surface area contributed by atoms with Crippen molar-refractivity contribution in [1.29, 1.82) is 0 Å². The summed E-state index contributed by atoms with van der Waals surface area (Å²) in [6.07, 6.45) is 0. The summed E-state index contributed by atoms with van der Waals surface area (Å²) in [4.78, 5) is 2.60. The van der Waals surface area contributed by atoms with Gasteiger partial charge in [0, 0.05) is 22.5 Å². The average Bonchev–Trinajstić information content (AvgIpc) is 2.99. The Balaban J connectivity index is 1.50. The molecule has 0 atom stereocenters. The second kappa shape index (κ2) is 7.37. The fourth-order valence-corrected chi connectivity index (χ4v) is 7.08. The number of anilines is 2. The van der Waals surface area contributed by atoms with E-state index < -0.39 is 0 Å². The van der Waals surface area contributed by atoms with Gasteiger partial charge in [-0.3, -0.25) is 0 Å². The minimum atomic E-state index is 0.0952. The lowest BCUT2D eigenvalue weighted by Gasteiger charge is -2.44. The van der Waals surface area contributed by atoms with Crippen molar-refractivity contribution in [3.05, 3.63) is 133 Å². The Morgan fingerprint density at radius 3 is 1.55 bits per heavy atom. The molecule has 38 heavy (non-hydrogen) atoms. The highest BCUT2D eigenvalue weighted by Crippen LogP contribution is 2.50. The van der Waals surface area contributed by atoms with Gasteiger partial charge in [-0.15, -0.1) is 0 Å². The molecule has 2 aliphatic heterocycles. The third kappa shape index (κ3) is 2.52. The van der Waals surface area contributed by atoms with Crippen LogP contribution in [-0.2, 0) is 0 Å². The van der Waals surface area contributed by atoms with Crippen molar-refractivity contribution >= 4 is 61.5 Å². The lowest BCUT2D eigenvalue weighted by atomic mass is 9.42. The molecule has 0 radical (unpaired) electrons. The molecular formula is C36H22BN. The summed E-state index contributed by atoms with van der Waals surface area (Å²) >= 11 is 0. The zero-order valence-electron chi connectivity index (χ0n) is 20.7. The first kappa shape index (κ1) is 20.3. The van der Waals surface area contributed by atoms with Crippen LogP contribution in [-0.4, -0.2) is 6.85 Å². The lowest BCUT2D eigenvalue weighted by molar-refractivity contribution is 1.36. The van der Waals surface area contributed by atoms with Gasteiger partial charge in [0.1, 0.15) is 0 Å². The molecule has 0 aliphatic carbocycles. The molecule has 0 saturated carbocycles. The molecule has 0 spiro atoms. The van der Waals surface area contributed by atoms with Gasteiger partial charge in [-0.1, -0.05) is 121 Å². The molecule has 0 unspecified atom stereocenters. The fourth-order valence-electron chi connectivity index (χ4n) is 7.08. The first-order valence-corrected chi connectivity index (χ1v) is 13.3. The third-order valence-corrected chi connectivity index (χ3v) is 8.62. The number of fused-ring (bicyclic) bond motifs is 17. The molecule has 0 amide bonds. The van der Waals surface area contributed by atoms with Crippen molar-refractivity contribution in [2.45, 2.75) is 0 Å². The molecule has 0 bridgehead atoms. The number of rotatable bonds is 0. The summed E-state index contributed by atoms with van der Waals surface area (Å²) in [5.41, 5.74) is 10.7. The highest BCUT2D eigenvalue weighted by Gasteiger charge is 2.43. The molecule has 2 aliphatic rings. The second-order valence-electron chi connectivity index (χ2n) is 10.5. The molecular weight excluding hydrogens is 457 g/mol. The van der Waals surface area contributed by atoms with Crippen molar-refractivity contribution in [3.63, 3.8) is 0 Å². The van der Waals surface area contributed by atoms with Crippen LogP contribution in [0, 0.1) is 0 Å². The summed E-state index contributed by atoms with van der Waals surface area (Å²) < 4.78 is 0. The van der Waals surface area contributed by atoms with Gasteiger partial charge in [0.25, 0.3) is 0 Å². The summed E-state index contributed by atoms with van der Waals surface area (Å²) in [6, 6.07) is 49.5. The molecule has 2 heterocycles. The van der Waals surface area contributed by atoms with Gasteiger partial charge in [-0.2, -0.15) is 0 Å². The molecule has 174 valence electrons. The molecule has 0 saturated heterocycles. The zero-order valence-corrected chi connectivity index (χ0v) is 20.7. The van der Waals surface area contributed by atoms with Gasteiger partial charge < -0.3 is 4.81 Å². The SMILES string of the molecule is c1ccc2c(c1)-c1c(ccc3ccccc13)B1c3ccc4ccccc4c3-c3c(ccc4ccccc34)N12. The molecule has 0 N–H and O–H groups in total. The highest BCUT2D eigenvalue weighted by molar-refractivity contribution is 6.93. The Morgan fingerprint density at radius 2 is 0.868 bits per heavy atom. The van der Waals surface area contributed by atoms with Gasteiger partial charge >= 0.3 is 6.85 Å². The number of benzene rings is 7. The van der Waals surface area contributed by atoms with E-state index in [0.717, 1.165) is 0 Å². The third-order valence-electron chi connectivity index (χ3n) is 8.62. The predicted octanol–water partition coefficient (Wildman–Crippen LogP) is 8.05. The maximum Gasteiger partial charge on any atom is 0.329 e. The maximum absolute atomic E-state index is 2.60. The Hall–Kier alpha value is -4.82. The van der Waals surface area contributed by atoms with Crippen molar-refractivity contribution in [1.82, 2.24) is 0 Å². The molecule has 7 aromatic carbocycles.